The molecule has 24 heavy (non-hydrogen) atoms. The van der Waals surface area contributed by atoms with E-state index in [4.69, 9.17) is 0 Å². The maximum Gasteiger partial charge on any atom is 0.326 e. The minimum Gasteiger partial charge on any atom is -0.480 e. The normalized spacial score (nSPS) is 28.2. The van der Waals surface area contributed by atoms with Gasteiger partial charge in [0.1, 0.15) is 6.04 Å². The van der Waals surface area contributed by atoms with E-state index < -0.39 is 12.0 Å². The Bertz CT molecular complexity index is 730. The molecule has 2 amide bonds. The standard InChI is InChI=1S/C18H20N2O4/c21-15-7-5-10-8-11(4-6-14(10)19-15)17(22)20-9-12-2-1-3-13(12)16(20)18(23)24/h4,6,8,12-13,16H,1-3,5,7,9H2,(H,19,21)(H,23,24). The van der Waals surface area contributed by atoms with Crippen LogP contribution in [0.4, 0.5) is 5.69 Å². The van der Waals surface area contributed by atoms with E-state index in [2.05, 4.69) is 5.32 Å². The highest BCUT2D eigenvalue weighted by molar-refractivity contribution is 5.99. The summed E-state index contributed by atoms with van der Waals surface area (Å²) in [4.78, 5) is 37.6. The van der Waals surface area contributed by atoms with Gasteiger partial charge in [-0.05, 0) is 54.9 Å². The van der Waals surface area contributed by atoms with Crippen molar-refractivity contribution in [3.05, 3.63) is 29.3 Å². The number of carbonyl (C=O) groups is 3. The number of likely N-dealkylation sites (tertiary alicyclic amines) is 1. The molecule has 1 aromatic rings. The Kier molecular flexibility index (Phi) is 3.55. The Labute approximate surface area is 139 Å². The SMILES string of the molecule is O=C1CCc2cc(C(=O)N3CC4CCCC4C3C(=O)O)ccc2N1. The molecule has 0 bridgehead atoms. The van der Waals surface area contributed by atoms with Gasteiger partial charge in [0.25, 0.3) is 5.91 Å². The average molecular weight is 328 g/mol. The Morgan fingerprint density at radius 1 is 1.21 bits per heavy atom. The van der Waals surface area contributed by atoms with Crippen LogP contribution in [0, 0.1) is 11.8 Å². The van der Waals surface area contributed by atoms with Gasteiger partial charge in [0, 0.05) is 24.2 Å². The molecular weight excluding hydrogens is 308 g/mol. The molecule has 6 heteroatoms. The van der Waals surface area contributed by atoms with Gasteiger partial charge in [0.15, 0.2) is 0 Å². The zero-order chi connectivity index (χ0) is 16.8. The number of anilines is 1. The van der Waals surface area contributed by atoms with E-state index in [1.165, 1.54) is 0 Å². The summed E-state index contributed by atoms with van der Waals surface area (Å²) in [5, 5.41) is 12.4. The van der Waals surface area contributed by atoms with Gasteiger partial charge in [-0.3, -0.25) is 9.59 Å². The number of nitrogens with zero attached hydrogens (tertiary/aromatic N) is 1. The summed E-state index contributed by atoms with van der Waals surface area (Å²) in [6, 6.07) is 4.51. The fourth-order valence-electron chi connectivity index (χ4n) is 4.51. The number of aliphatic carboxylic acids is 1. The molecule has 1 saturated heterocycles. The van der Waals surface area contributed by atoms with Crippen molar-refractivity contribution >= 4 is 23.5 Å². The van der Waals surface area contributed by atoms with Gasteiger partial charge in [-0.1, -0.05) is 6.42 Å². The van der Waals surface area contributed by atoms with Crippen LogP contribution in [-0.2, 0) is 16.0 Å². The van der Waals surface area contributed by atoms with Crippen LogP contribution in [0.3, 0.4) is 0 Å². The number of benzene rings is 1. The van der Waals surface area contributed by atoms with Crippen LogP contribution in [0.2, 0.25) is 0 Å². The van der Waals surface area contributed by atoms with E-state index in [0.717, 1.165) is 30.5 Å². The number of carboxylic acid groups (broad SMARTS) is 1. The predicted molar refractivity (Wildman–Crippen MR) is 86.7 cm³/mol. The second-order valence-corrected chi connectivity index (χ2v) is 7.02. The molecule has 0 spiro atoms. The first-order valence-corrected chi connectivity index (χ1v) is 8.51. The highest BCUT2D eigenvalue weighted by Crippen LogP contribution is 2.42. The third-order valence-corrected chi connectivity index (χ3v) is 5.65. The fraction of sp³-hybridized carbons (Fsp3) is 0.500. The molecular formula is C18H20N2O4. The number of aryl methyl sites for hydroxylation is 1. The molecule has 1 aromatic carbocycles. The molecule has 3 unspecified atom stereocenters. The quantitative estimate of drug-likeness (QED) is 0.868. The first-order valence-electron chi connectivity index (χ1n) is 8.51. The van der Waals surface area contributed by atoms with Gasteiger partial charge < -0.3 is 15.3 Å². The molecule has 2 aliphatic heterocycles. The molecule has 1 saturated carbocycles. The smallest absolute Gasteiger partial charge is 0.326 e. The number of carboxylic acids is 1. The van der Waals surface area contributed by atoms with Gasteiger partial charge in [-0.25, -0.2) is 4.79 Å². The zero-order valence-corrected chi connectivity index (χ0v) is 13.3. The van der Waals surface area contributed by atoms with E-state index in [9.17, 15) is 19.5 Å². The van der Waals surface area contributed by atoms with Crippen molar-refractivity contribution in [2.75, 3.05) is 11.9 Å². The third kappa shape index (κ3) is 2.37. The number of hydrogen-bond acceptors (Lipinski definition) is 3. The topological polar surface area (TPSA) is 86.7 Å². The van der Waals surface area contributed by atoms with Crippen molar-refractivity contribution in [2.45, 2.75) is 38.1 Å². The van der Waals surface area contributed by atoms with Crippen molar-refractivity contribution in [1.82, 2.24) is 4.90 Å². The van der Waals surface area contributed by atoms with E-state index >= 15 is 0 Å². The van der Waals surface area contributed by atoms with Crippen molar-refractivity contribution < 1.29 is 19.5 Å². The van der Waals surface area contributed by atoms with Crippen molar-refractivity contribution in [3.8, 4) is 0 Å². The molecule has 0 aromatic heterocycles. The molecule has 1 aliphatic carbocycles. The first kappa shape index (κ1) is 15.2. The van der Waals surface area contributed by atoms with E-state index in [1.54, 1.807) is 23.1 Å². The number of nitrogens with one attached hydrogen (secondary N) is 1. The number of amides is 2. The Hall–Kier alpha value is -2.37. The molecule has 0 radical (unpaired) electrons. The second kappa shape index (κ2) is 5.61. The van der Waals surface area contributed by atoms with Crippen molar-refractivity contribution in [2.24, 2.45) is 11.8 Å². The van der Waals surface area contributed by atoms with Gasteiger partial charge in [-0.2, -0.15) is 0 Å². The number of fused-ring (bicyclic) bond motifs is 2. The molecule has 4 rings (SSSR count). The minimum atomic E-state index is -0.900. The maximum atomic E-state index is 12.9. The molecule has 3 aliphatic rings. The van der Waals surface area contributed by atoms with E-state index in [-0.39, 0.29) is 17.7 Å². The summed E-state index contributed by atoms with van der Waals surface area (Å²) in [7, 11) is 0. The summed E-state index contributed by atoms with van der Waals surface area (Å²) < 4.78 is 0. The first-order chi connectivity index (χ1) is 11.5. The molecule has 3 atom stereocenters. The van der Waals surface area contributed by atoms with E-state index in [0.29, 0.717) is 30.9 Å². The monoisotopic (exact) mass is 328 g/mol. The minimum absolute atomic E-state index is 0.0140. The van der Waals surface area contributed by atoms with Gasteiger partial charge in [-0.15, -0.1) is 0 Å². The van der Waals surface area contributed by atoms with Crippen LogP contribution >= 0.6 is 0 Å². The molecule has 2 heterocycles. The zero-order valence-electron chi connectivity index (χ0n) is 13.3. The third-order valence-electron chi connectivity index (χ3n) is 5.65. The highest BCUT2D eigenvalue weighted by Gasteiger charge is 2.49. The predicted octanol–water partition coefficient (Wildman–Crippen LogP) is 1.90. The lowest BCUT2D eigenvalue weighted by Gasteiger charge is -2.25. The number of hydrogen-bond donors (Lipinski definition) is 2. The summed E-state index contributed by atoms with van der Waals surface area (Å²) in [5.74, 6) is -0.727. The van der Waals surface area contributed by atoms with Crippen LogP contribution in [-0.4, -0.2) is 40.4 Å². The maximum absolute atomic E-state index is 12.9. The fourth-order valence-corrected chi connectivity index (χ4v) is 4.51. The van der Waals surface area contributed by atoms with Gasteiger partial charge in [0.2, 0.25) is 5.91 Å². The van der Waals surface area contributed by atoms with Gasteiger partial charge >= 0.3 is 5.97 Å². The highest BCUT2D eigenvalue weighted by atomic mass is 16.4. The summed E-state index contributed by atoms with van der Waals surface area (Å²) in [6.07, 6.45) is 3.97. The summed E-state index contributed by atoms with van der Waals surface area (Å²) in [6.45, 7) is 0.536. The molecule has 126 valence electrons. The lowest BCUT2D eigenvalue weighted by molar-refractivity contribution is -0.142. The van der Waals surface area contributed by atoms with Crippen LogP contribution in [0.25, 0.3) is 0 Å². The van der Waals surface area contributed by atoms with Crippen LogP contribution in [0.15, 0.2) is 18.2 Å². The Balaban J connectivity index is 1.61. The molecule has 2 fully saturated rings. The number of rotatable bonds is 2. The van der Waals surface area contributed by atoms with Crippen molar-refractivity contribution in [1.29, 1.82) is 0 Å². The lowest BCUT2D eigenvalue weighted by atomic mass is 9.94. The second-order valence-electron chi connectivity index (χ2n) is 7.02. The lowest BCUT2D eigenvalue weighted by Crippen LogP contribution is -2.43. The summed E-state index contributed by atoms with van der Waals surface area (Å²) in [5.41, 5.74) is 2.19. The van der Waals surface area contributed by atoms with Gasteiger partial charge in [0.05, 0.1) is 0 Å². The largest absolute Gasteiger partial charge is 0.480 e. The Morgan fingerprint density at radius 3 is 2.83 bits per heavy atom. The van der Waals surface area contributed by atoms with Crippen LogP contribution in [0.5, 0.6) is 0 Å². The number of carbonyl (C=O) groups excluding carboxylic acids is 2. The molecule has 2 N–H and O–H groups in total. The van der Waals surface area contributed by atoms with Crippen molar-refractivity contribution in [3.63, 3.8) is 0 Å². The van der Waals surface area contributed by atoms with Crippen LogP contribution < -0.4 is 5.32 Å². The Morgan fingerprint density at radius 2 is 2.04 bits per heavy atom. The average Bonchev–Trinajstić information content (AvgIpc) is 3.13. The molecule has 6 nitrogen and oxygen atoms in total. The summed E-state index contributed by atoms with van der Waals surface area (Å²) >= 11 is 0. The van der Waals surface area contributed by atoms with Crippen LogP contribution in [0.1, 0.15) is 41.6 Å². The van der Waals surface area contributed by atoms with E-state index in [1.807, 2.05) is 0 Å².